The first-order valence-corrected chi connectivity index (χ1v) is 16.7. The Labute approximate surface area is 273 Å². The van der Waals surface area contributed by atoms with E-state index in [2.05, 4.69) is 39.7 Å². The zero-order chi connectivity index (χ0) is 33.6. The highest BCUT2D eigenvalue weighted by Gasteiger charge is 2.57. The number of carbonyl (C=O) groups is 2. The molecule has 1 amide bonds. The van der Waals surface area contributed by atoms with E-state index < -0.39 is 35.6 Å². The van der Waals surface area contributed by atoms with Crippen molar-refractivity contribution in [1.82, 2.24) is 35.4 Å². The van der Waals surface area contributed by atoms with Crippen molar-refractivity contribution < 1.29 is 28.9 Å². The van der Waals surface area contributed by atoms with Gasteiger partial charge in [-0.15, -0.1) is 10.2 Å². The second kappa shape index (κ2) is 15.3. The summed E-state index contributed by atoms with van der Waals surface area (Å²) >= 11 is 0. The van der Waals surface area contributed by atoms with E-state index in [1.54, 1.807) is 35.9 Å². The summed E-state index contributed by atoms with van der Waals surface area (Å²) in [5, 5.41) is 31.3. The lowest BCUT2D eigenvalue weighted by Gasteiger charge is -2.42. The van der Waals surface area contributed by atoms with Crippen LogP contribution in [-0.4, -0.2) is 111 Å². The van der Waals surface area contributed by atoms with E-state index in [0.717, 1.165) is 12.8 Å². The molecule has 254 valence electrons. The summed E-state index contributed by atoms with van der Waals surface area (Å²) in [6.45, 7) is 13.6. The van der Waals surface area contributed by atoms with Gasteiger partial charge in [0.1, 0.15) is 31.1 Å². The molecular formula is C32H52BN7O6. The minimum absolute atomic E-state index is 0.0592. The number of unbranched alkanes of at least 4 members (excludes halogenated alkanes) is 1. The maximum atomic E-state index is 13.5. The van der Waals surface area contributed by atoms with E-state index in [1.807, 2.05) is 40.9 Å². The van der Waals surface area contributed by atoms with Gasteiger partial charge in [-0.05, 0) is 76.9 Å². The molecule has 0 saturated carbocycles. The molecule has 0 aromatic carbocycles. The number of amides is 1. The summed E-state index contributed by atoms with van der Waals surface area (Å²) in [6, 6.07) is 3.10. The number of aliphatic hydroxyl groups is 1. The third-order valence-corrected chi connectivity index (χ3v) is 10.2. The van der Waals surface area contributed by atoms with Crippen LogP contribution in [0.15, 0.2) is 24.5 Å². The number of ketones is 1. The fourth-order valence-corrected chi connectivity index (χ4v) is 7.04. The van der Waals surface area contributed by atoms with Crippen LogP contribution in [0.3, 0.4) is 0 Å². The molecular weight excluding hydrogens is 589 g/mol. The first kappa shape index (κ1) is 35.9. The van der Waals surface area contributed by atoms with Crippen LogP contribution in [0.1, 0.15) is 73.6 Å². The lowest BCUT2D eigenvalue weighted by atomic mass is 9.67. The third kappa shape index (κ3) is 7.95. The Balaban J connectivity index is 1.52. The molecule has 2 N–H and O–H groups in total. The maximum Gasteiger partial charge on any atom is 0.410 e. The normalized spacial score (nSPS) is 34.9. The molecule has 0 aliphatic carbocycles. The zero-order valence-corrected chi connectivity index (χ0v) is 28.7. The number of aromatic nitrogens is 5. The first-order valence-electron chi connectivity index (χ1n) is 16.7. The average Bonchev–Trinajstić information content (AvgIpc) is 3.61. The van der Waals surface area contributed by atoms with Crippen LogP contribution in [0.25, 0.3) is 11.4 Å². The number of hydrogen-bond acceptors (Lipinski definition) is 11. The van der Waals surface area contributed by atoms with Crippen molar-refractivity contribution in [3.8, 4) is 11.4 Å². The Morgan fingerprint density at radius 3 is 2.57 bits per heavy atom. The van der Waals surface area contributed by atoms with E-state index in [0.29, 0.717) is 43.9 Å². The van der Waals surface area contributed by atoms with E-state index in [9.17, 15) is 14.7 Å². The molecule has 14 heteroatoms. The third-order valence-electron chi connectivity index (χ3n) is 10.2. The summed E-state index contributed by atoms with van der Waals surface area (Å²) in [5.41, 5.74) is -0.284. The Morgan fingerprint density at radius 1 is 1.15 bits per heavy atom. The predicted octanol–water partition coefficient (Wildman–Crippen LogP) is 2.65. The van der Waals surface area contributed by atoms with Crippen LogP contribution in [0.4, 0.5) is 4.79 Å². The number of carbonyl (C=O) groups excluding carboxylic acids is 2. The van der Waals surface area contributed by atoms with Crippen LogP contribution < -0.4 is 5.32 Å². The largest absolute Gasteiger partial charge is 0.438 e. The second-order valence-electron chi connectivity index (χ2n) is 13.7. The molecule has 2 aliphatic heterocycles. The molecule has 0 spiro atoms. The first-order chi connectivity index (χ1) is 21.8. The highest BCUT2D eigenvalue weighted by molar-refractivity contribution is 6.14. The van der Waals surface area contributed by atoms with Crippen molar-refractivity contribution in [2.24, 2.45) is 11.8 Å². The summed E-state index contributed by atoms with van der Waals surface area (Å²) in [7, 11) is 3.72. The van der Waals surface area contributed by atoms with E-state index in [-0.39, 0.29) is 36.0 Å². The number of aryl methyl sites for hydroxylation is 1. The molecule has 1 unspecified atom stereocenters. The summed E-state index contributed by atoms with van der Waals surface area (Å²) in [6.07, 6.45) is 4.01. The van der Waals surface area contributed by atoms with Crippen molar-refractivity contribution in [3.05, 3.63) is 24.5 Å². The minimum Gasteiger partial charge on any atom is -0.438 e. The van der Waals surface area contributed by atoms with E-state index in [1.165, 1.54) is 0 Å². The Kier molecular flexibility index (Phi) is 12.0. The van der Waals surface area contributed by atoms with Gasteiger partial charge in [0, 0.05) is 38.9 Å². The summed E-state index contributed by atoms with van der Waals surface area (Å²) in [5.74, 6) is -0.674. The van der Waals surface area contributed by atoms with E-state index in [4.69, 9.17) is 14.2 Å². The molecule has 2 saturated heterocycles. The quantitative estimate of drug-likeness (QED) is 0.323. The van der Waals surface area contributed by atoms with Crippen LogP contribution in [0.5, 0.6) is 0 Å². The van der Waals surface area contributed by atoms with Gasteiger partial charge >= 0.3 is 6.09 Å². The monoisotopic (exact) mass is 641 g/mol. The van der Waals surface area contributed by atoms with Gasteiger partial charge in [-0.1, -0.05) is 26.0 Å². The maximum absolute atomic E-state index is 13.5. The van der Waals surface area contributed by atoms with Crippen LogP contribution in [-0.2, 0) is 25.5 Å². The van der Waals surface area contributed by atoms with Gasteiger partial charge < -0.3 is 24.6 Å². The molecule has 0 bridgehead atoms. The fraction of sp³-hybridized carbons (Fsp3) is 0.750. The molecule has 4 heterocycles. The van der Waals surface area contributed by atoms with Crippen molar-refractivity contribution in [2.45, 2.75) is 122 Å². The highest BCUT2D eigenvalue weighted by atomic mass is 16.6. The lowest BCUT2D eigenvalue weighted by Crippen LogP contribution is -2.61. The Bertz CT molecular complexity index is 1300. The number of hydrogen-bond donors (Lipinski definition) is 2. The average molecular weight is 642 g/mol. The Hall–Kier alpha value is -2.94. The Morgan fingerprint density at radius 2 is 1.89 bits per heavy atom. The second-order valence-corrected chi connectivity index (χ2v) is 13.7. The highest BCUT2D eigenvalue weighted by Crippen LogP contribution is 2.40. The predicted molar refractivity (Wildman–Crippen MR) is 175 cm³/mol. The van der Waals surface area contributed by atoms with Gasteiger partial charge in [-0.25, -0.2) is 4.79 Å². The smallest absolute Gasteiger partial charge is 0.410 e. The number of ether oxygens (including phenoxy) is 3. The van der Waals surface area contributed by atoms with E-state index >= 15 is 0 Å². The van der Waals surface area contributed by atoms with Gasteiger partial charge in [-0.3, -0.25) is 14.4 Å². The van der Waals surface area contributed by atoms with Crippen LogP contribution in [0, 0.1) is 11.8 Å². The SMILES string of the molecule is B[C@@H]1CC(=O)[C@@H](C)C(O)O[C@H](CC)[C@@]2(C)OC(=O)N(CCCCn3cc(-c4cccnn4)nn3)[C@@H]2[C@@H](C)NC[C@H](C)C[C@@]1(C)OC. The summed E-state index contributed by atoms with van der Waals surface area (Å²) < 4.78 is 20.1. The number of rotatable bonds is 8. The molecule has 9 atom stereocenters. The summed E-state index contributed by atoms with van der Waals surface area (Å²) in [4.78, 5) is 28.6. The van der Waals surface area contributed by atoms with Gasteiger partial charge in [0.15, 0.2) is 11.9 Å². The molecule has 2 aliphatic rings. The number of aliphatic hydroxyl groups excluding tert-OH is 1. The fourth-order valence-electron chi connectivity index (χ4n) is 7.04. The number of Topliss-reactive ketones (excluding diaryl/α,β-unsaturated/α-hetero) is 1. The van der Waals surface area contributed by atoms with Crippen molar-refractivity contribution in [1.29, 1.82) is 0 Å². The molecule has 46 heavy (non-hydrogen) atoms. The van der Waals surface area contributed by atoms with Crippen molar-refractivity contribution >= 4 is 19.7 Å². The number of nitrogens with one attached hydrogen (secondary N) is 1. The molecule has 0 radical (unpaired) electrons. The molecule has 4 rings (SSSR count). The van der Waals surface area contributed by atoms with Gasteiger partial charge in [0.05, 0.1) is 23.8 Å². The number of nitrogens with zero attached hydrogens (tertiary/aromatic N) is 6. The van der Waals surface area contributed by atoms with Crippen molar-refractivity contribution in [3.63, 3.8) is 0 Å². The van der Waals surface area contributed by atoms with Crippen LogP contribution in [0.2, 0.25) is 5.82 Å². The molecule has 2 fully saturated rings. The van der Waals surface area contributed by atoms with Gasteiger partial charge in [-0.2, -0.15) is 5.10 Å². The van der Waals surface area contributed by atoms with Gasteiger partial charge in [0.25, 0.3) is 0 Å². The van der Waals surface area contributed by atoms with Crippen molar-refractivity contribution in [2.75, 3.05) is 20.2 Å². The zero-order valence-electron chi connectivity index (χ0n) is 28.7. The standard InChI is InChI=1S/C32H52BN7O6/c1-8-27-32(6)28(22(4)34-18-20(2)17-31(5,44-7)26(33)16-25(41)21(3)29(42)45-27)40(30(43)46-32)15-10-9-14-39-19-24(37-38-39)23-12-11-13-35-36-23/h11-13,19-22,26-29,34,42H,8-10,14-18,33H2,1-7H3/t20-,21-,22-,26-,27-,28-,29?,31-,32-/m1/s1. The number of methoxy groups -OCH3 is 1. The topological polar surface area (TPSA) is 154 Å². The minimum atomic E-state index is -1.34. The molecule has 2 aromatic rings. The van der Waals surface area contributed by atoms with Crippen LogP contribution >= 0.6 is 0 Å². The molecule has 13 nitrogen and oxygen atoms in total. The lowest BCUT2D eigenvalue weighted by molar-refractivity contribution is -0.209. The van der Waals surface area contributed by atoms with Gasteiger partial charge in [0.2, 0.25) is 0 Å². The molecule has 2 aromatic heterocycles. The number of fused-ring (bicyclic) bond motifs is 1.